The van der Waals surface area contributed by atoms with Crippen molar-refractivity contribution < 1.29 is 14.3 Å². The van der Waals surface area contributed by atoms with Gasteiger partial charge in [-0.3, -0.25) is 14.5 Å². The first kappa shape index (κ1) is 20.6. The average molecular weight is 407 g/mol. The Balaban J connectivity index is 1.47. The first-order valence-corrected chi connectivity index (χ1v) is 10.8. The van der Waals surface area contributed by atoms with Gasteiger partial charge in [0.1, 0.15) is 17.9 Å². The van der Waals surface area contributed by atoms with E-state index < -0.39 is 6.04 Å². The first-order chi connectivity index (χ1) is 14.4. The minimum Gasteiger partial charge on any atom is -0.487 e. The molecule has 3 atom stereocenters. The molecule has 1 N–H and O–H groups in total. The number of carbonyl (C=O) groups excluding carboxylic acids is 2. The summed E-state index contributed by atoms with van der Waals surface area (Å²) >= 11 is 0. The van der Waals surface area contributed by atoms with Gasteiger partial charge < -0.3 is 10.1 Å². The summed E-state index contributed by atoms with van der Waals surface area (Å²) in [6.45, 7) is 7.97. The van der Waals surface area contributed by atoms with Crippen molar-refractivity contribution in [3.05, 3.63) is 65.2 Å². The lowest BCUT2D eigenvalue weighted by molar-refractivity contribution is -0.133. The van der Waals surface area contributed by atoms with E-state index in [0.29, 0.717) is 13.0 Å². The van der Waals surface area contributed by atoms with Crippen LogP contribution in [0.4, 0.5) is 0 Å². The molecule has 0 spiro atoms. The van der Waals surface area contributed by atoms with Gasteiger partial charge in [-0.25, -0.2) is 0 Å². The summed E-state index contributed by atoms with van der Waals surface area (Å²) in [6.07, 6.45) is 0.841. The molecule has 1 aliphatic carbocycles. The molecule has 0 saturated heterocycles. The monoisotopic (exact) mass is 406 g/mol. The zero-order valence-electron chi connectivity index (χ0n) is 18.0. The molecule has 1 heterocycles. The van der Waals surface area contributed by atoms with Gasteiger partial charge in [-0.1, -0.05) is 61.9 Å². The average Bonchev–Trinajstić information content (AvgIpc) is 3.03. The fraction of sp³-hybridized carbons (Fsp3) is 0.440. The molecule has 5 nitrogen and oxygen atoms in total. The number of rotatable bonds is 6. The molecule has 2 aromatic carbocycles. The highest BCUT2D eigenvalue weighted by Crippen LogP contribution is 2.49. The molecule has 1 amide bonds. The molecule has 4 rings (SSSR count). The number of nitrogens with one attached hydrogen (secondary N) is 1. The summed E-state index contributed by atoms with van der Waals surface area (Å²) < 4.78 is 6.23. The summed E-state index contributed by atoms with van der Waals surface area (Å²) in [5, 5.41) is 3.01. The summed E-state index contributed by atoms with van der Waals surface area (Å²) in [7, 11) is 0. The number of amides is 1. The Hall–Kier alpha value is -2.66. The van der Waals surface area contributed by atoms with Gasteiger partial charge >= 0.3 is 0 Å². The van der Waals surface area contributed by atoms with Crippen LogP contribution in [0.25, 0.3) is 0 Å². The fourth-order valence-electron chi connectivity index (χ4n) is 4.73. The summed E-state index contributed by atoms with van der Waals surface area (Å²) in [5.41, 5.74) is 3.23. The highest BCUT2D eigenvalue weighted by Gasteiger charge is 2.54. The van der Waals surface area contributed by atoms with E-state index in [0.717, 1.165) is 24.3 Å². The smallest absolute Gasteiger partial charge is 0.234 e. The lowest BCUT2D eigenvalue weighted by Gasteiger charge is -2.39. The largest absolute Gasteiger partial charge is 0.487 e. The summed E-state index contributed by atoms with van der Waals surface area (Å²) in [6, 6.07) is 15.7. The van der Waals surface area contributed by atoms with Crippen LogP contribution in [0.5, 0.6) is 5.75 Å². The van der Waals surface area contributed by atoms with E-state index in [2.05, 4.69) is 42.3 Å². The van der Waals surface area contributed by atoms with Crippen LogP contribution in [0.1, 0.15) is 43.4 Å². The quantitative estimate of drug-likeness (QED) is 0.799. The fourth-order valence-corrected chi connectivity index (χ4v) is 4.73. The van der Waals surface area contributed by atoms with E-state index in [1.165, 1.54) is 11.1 Å². The van der Waals surface area contributed by atoms with Crippen molar-refractivity contribution in [2.24, 2.45) is 0 Å². The number of benzene rings is 2. The lowest BCUT2D eigenvalue weighted by Crippen LogP contribution is -2.60. The number of ether oxygens (including phenoxy) is 1. The van der Waals surface area contributed by atoms with E-state index in [1.54, 1.807) is 0 Å². The van der Waals surface area contributed by atoms with Gasteiger partial charge in [0.05, 0.1) is 6.54 Å². The van der Waals surface area contributed by atoms with Crippen molar-refractivity contribution in [1.82, 2.24) is 10.2 Å². The highest BCUT2D eigenvalue weighted by atomic mass is 16.5. The van der Waals surface area contributed by atoms with Crippen LogP contribution in [0.3, 0.4) is 0 Å². The third-order valence-corrected chi connectivity index (χ3v) is 6.55. The number of carbonyl (C=O) groups is 2. The first-order valence-electron chi connectivity index (χ1n) is 10.8. The minimum absolute atomic E-state index is 0.0569. The Morgan fingerprint density at radius 2 is 2.00 bits per heavy atom. The second kappa shape index (κ2) is 8.23. The van der Waals surface area contributed by atoms with Crippen LogP contribution >= 0.6 is 0 Å². The van der Waals surface area contributed by atoms with Gasteiger partial charge in [0, 0.05) is 23.9 Å². The zero-order chi connectivity index (χ0) is 21.3. The normalized spacial score (nSPS) is 24.9. The molecule has 158 valence electrons. The zero-order valence-corrected chi connectivity index (χ0v) is 18.0. The van der Waals surface area contributed by atoms with E-state index >= 15 is 0 Å². The molecule has 0 unspecified atom stereocenters. The molecule has 5 heteroatoms. The number of aryl methyl sites for hydroxylation is 1. The maximum Gasteiger partial charge on any atom is 0.234 e. The Morgan fingerprint density at radius 1 is 1.23 bits per heavy atom. The minimum atomic E-state index is -0.612. The predicted octanol–water partition coefficient (Wildman–Crippen LogP) is 3.38. The number of likely N-dealkylation sites (N-methyl/N-ethyl adjacent to an activating group) is 1. The van der Waals surface area contributed by atoms with Crippen LogP contribution in [-0.4, -0.2) is 41.8 Å². The van der Waals surface area contributed by atoms with E-state index in [1.807, 2.05) is 37.3 Å². The molecule has 1 saturated carbocycles. The standard InChI is InChI=1S/C25H30N2O3/c1-4-27(15-18-8-6-5-7-9-18)16-22(29)26-23-20(28)12-13-25(3)19-14-17(2)10-11-21(19)30-24(23)25/h5-11,14,23-24H,4,12-13,15-16H2,1-3H3,(H,26,29)/t23-,24-,25-/m0/s1. The lowest BCUT2D eigenvalue weighted by atomic mass is 9.67. The second-order valence-corrected chi connectivity index (χ2v) is 8.76. The van der Waals surface area contributed by atoms with Gasteiger partial charge in [0.15, 0.2) is 5.78 Å². The van der Waals surface area contributed by atoms with Crippen molar-refractivity contribution in [1.29, 1.82) is 0 Å². The number of Topliss-reactive ketones (excluding diaryl/α,β-unsaturated/α-hetero) is 1. The molecule has 0 bridgehead atoms. The van der Waals surface area contributed by atoms with Crippen molar-refractivity contribution in [2.45, 2.75) is 57.7 Å². The molecule has 0 radical (unpaired) electrons. The third kappa shape index (κ3) is 3.86. The Kier molecular flexibility index (Phi) is 5.65. The molecule has 1 fully saturated rings. The Labute approximate surface area is 178 Å². The van der Waals surface area contributed by atoms with Crippen molar-refractivity contribution >= 4 is 11.7 Å². The van der Waals surface area contributed by atoms with Gasteiger partial charge in [0.2, 0.25) is 5.91 Å². The number of hydrogen-bond acceptors (Lipinski definition) is 4. The number of nitrogens with zero attached hydrogens (tertiary/aromatic N) is 1. The predicted molar refractivity (Wildman–Crippen MR) is 117 cm³/mol. The van der Waals surface area contributed by atoms with Crippen LogP contribution < -0.4 is 10.1 Å². The van der Waals surface area contributed by atoms with Crippen molar-refractivity contribution in [2.75, 3.05) is 13.1 Å². The molecule has 0 aromatic heterocycles. The summed E-state index contributed by atoms with van der Waals surface area (Å²) in [5.74, 6) is 0.758. The topological polar surface area (TPSA) is 58.6 Å². The van der Waals surface area contributed by atoms with Crippen LogP contribution in [0.2, 0.25) is 0 Å². The maximum absolute atomic E-state index is 12.9. The molecule has 1 aliphatic heterocycles. The number of fused-ring (bicyclic) bond motifs is 3. The van der Waals surface area contributed by atoms with E-state index in [-0.39, 0.29) is 29.8 Å². The molecular weight excluding hydrogens is 376 g/mol. The van der Waals surface area contributed by atoms with E-state index in [4.69, 9.17) is 4.74 Å². The Bertz CT molecular complexity index is 943. The van der Waals surface area contributed by atoms with Crippen LogP contribution in [0, 0.1) is 6.92 Å². The third-order valence-electron chi connectivity index (χ3n) is 6.55. The van der Waals surface area contributed by atoms with E-state index in [9.17, 15) is 9.59 Å². The van der Waals surface area contributed by atoms with Crippen LogP contribution in [-0.2, 0) is 21.5 Å². The second-order valence-electron chi connectivity index (χ2n) is 8.76. The SMILES string of the molecule is CCN(CC(=O)N[C@H]1C(=O)CC[C@@]2(C)c3cc(C)ccc3O[C@@H]12)Cc1ccccc1. The molecule has 2 aliphatic rings. The highest BCUT2D eigenvalue weighted by molar-refractivity contribution is 5.91. The van der Waals surface area contributed by atoms with Gasteiger partial charge in [-0.15, -0.1) is 0 Å². The van der Waals surface area contributed by atoms with Crippen molar-refractivity contribution in [3.63, 3.8) is 0 Å². The Morgan fingerprint density at radius 3 is 2.73 bits per heavy atom. The molecular formula is C25H30N2O3. The number of hydrogen-bond donors (Lipinski definition) is 1. The van der Waals surface area contributed by atoms with Gasteiger partial charge in [-0.2, -0.15) is 0 Å². The maximum atomic E-state index is 12.9. The van der Waals surface area contributed by atoms with Gasteiger partial charge in [0.25, 0.3) is 0 Å². The van der Waals surface area contributed by atoms with Crippen LogP contribution in [0.15, 0.2) is 48.5 Å². The summed E-state index contributed by atoms with van der Waals surface area (Å²) in [4.78, 5) is 27.7. The molecule has 2 aromatic rings. The number of ketones is 1. The molecule has 30 heavy (non-hydrogen) atoms. The van der Waals surface area contributed by atoms with Gasteiger partial charge in [-0.05, 0) is 31.5 Å². The van der Waals surface area contributed by atoms with Crippen molar-refractivity contribution in [3.8, 4) is 5.75 Å².